The first kappa shape index (κ1) is 15.6. The summed E-state index contributed by atoms with van der Waals surface area (Å²) in [7, 11) is 0. The van der Waals surface area contributed by atoms with Crippen LogP contribution in [0.4, 0.5) is 5.69 Å². The molecule has 1 amide bonds. The molecule has 0 aliphatic carbocycles. The summed E-state index contributed by atoms with van der Waals surface area (Å²) in [6.07, 6.45) is 0.943. The molecule has 2 aromatic rings. The summed E-state index contributed by atoms with van der Waals surface area (Å²) >= 11 is 1.24. The SMILES string of the molecule is CCc1cccc(NC(=O)CSc2nnc(C(C)C)o2)c1. The zero-order valence-corrected chi connectivity index (χ0v) is 13.2. The Kier molecular flexibility index (Phi) is 5.38. The number of aromatic nitrogens is 2. The molecule has 0 fully saturated rings. The average molecular weight is 305 g/mol. The summed E-state index contributed by atoms with van der Waals surface area (Å²) in [5.74, 6) is 0.944. The molecule has 6 heteroatoms. The quantitative estimate of drug-likeness (QED) is 0.827. The molecule has 0 saturated carbocycles. The van der Waals surface area contributed by atoms with Gasteiger partial charge in [0, 0.05) is 11.6 Å². The fourth-order valence-electron chi connectivity index (χ4n) is 1.71. The van der Waals surface area contributed by atoms with E-state index in [1.54, 1.807) is 0 Å². The molecule has 0 saturated heterocycles. The fraction of sp³-hybridized carbons (Fsp3) is 0.400. The van der Waals surface area contributed by atoms with Crippen molar-refractivity contribution in [2.45, 2.75) is 38.3 Å². The summed E-state index contributed by atoms with van der Waals surface area (Å²) in [4.78, 5) is 11.9. The van der Waals surface area contributed by atoms with E-state index in [0.717, 1.165) is 12.1 Å². The maximum absolute atomic E-state index is 11.9. The van der Waals surface area contributed by atoms with Gasteiger partial charge in [-0.3, -0.25) is 4.79 Å². The zero-order chi connectivity index (χ0) is 15.2. The van der Waals surface area contributed by atoms with Crippen LogP contribution in [0, 0.1) is 0 Å². The Morgan fingerprint density at radius 2 is 2.19 bits per heavy atom. The third kappa shape index (κ3) is 4.60. The van der Waals surface area contributed by atoms with Gasteiger partial charge in [-0.1, -0.05) is 44.7 Å². The smallest absolute Gasteiger partial charge is 0.277 e. The lowest BCUT2D eigenvalue weighted by Crippen LogP contribution is -2.14. The average Bonchev–Trinajstić information content (AvgIpc) is 2.94. The van der Waals surface area contributed by atoms with Crippen LogP contribution in [0.2, 0.25) is 0 Å². The number of aryl methyl sites for hydroxylation is 1. The molecule has 0 aliphatic rings. The molecule has 0 radical (unpaired) electrons. The minimum absolute atomic E-state index is 0.0856. The molecule has 21 heavy (non-hydrogen) atoms. The van der Waals surface area contributed by atoms with Crippen LogP contribution in [0.3, 0.4) is 0 Å². The molecule has 1 aromatic carbocycles. The van der Waals surface area contributed by atoms with Crippen molar-refractivity contribution in [3.63, 3.8) is 0 Å². The topological polar surface area (TPSA) is 68.0 Å². The second-order valence-corrected chi connectivity index (χ2v) is 5.88. The first-order valence-electron chi connectivity index (χ1n) is 6.93. The summed E-state index contributed by atoms with van der Waals surface area (Å²) in [6, 6.07) is 7.84. The zero-order valence-electron chi connectivity index (χ0n) is 12.4. The number of thioether (sulfide) groups is 1. The van der Waals surface area contributed by atoms with Gasteiger partial charge in [-0.15, -0.1) is 10.2 Å². The van der Waals surface area contributed by atoms with Crippen LogP contribution in [-0.4, -0.2) is 21.9 Å². The molecular formula is C15H19N3O2S. The maximum Gasteiger partial charge on any atom is 0.277 e. The minimum Gasteiger partial charge on any atom is -0.416 e. The Bertz CT molecular complexity index is 610. The van der Waals surface area contributed by atoms with Gasteiger partial charge in [-0.2, -0.15) is 0 Å². The highest BCUT2D eigenvalue weighted by Gasteiger charge is 2.12. The predicted molar refractivity (Wildman–Crippen MR) is 83.6 cm³/mol. The minimum atomic E-state index is -0.0856. The van der Waals surface area contributed by atoms with E-state index in [-0.39, 0.29) is 17.6 Å². The van der Waals surface area contributed by atoms with E-state index < -0.39 is 0 Å². The highest BCUT2D eigenvalue weighted by Crippen LogP contribution is 2.20. The molecule has 112 valence electrons. The summed E-state index contributed by atoms with van der Waals surface area (Å²) in [5.41, 5.74) is 2.01. The van der Waals surface area contributed by atoms with E-state index in [0.29, 0.717) is 11.1 Å². The first-order valence-corrected chi connectivity index (χ1v) is 7.92. The van der Waals surface area contributed by atoms with Crippen molar-refractivity contribution in [2.24, 2.45) is 0 Å². The summed E-state index contributed by atoms with van der Waals surface area (Å²) in [6.45, 7) is 6.05. The molecule has 0 atom stereocenters. The molecule has 0 aliphatic heterocycles. The number of anilines is 1. The van der Waals surface area contributed by atoms with Crippen molar-refractivity contribution in [1.82, 2.24) is 10.2 Å². The molecule has 1 heterocycles. The van der Waals surface area contributed by atoms with Crippen LogP contribution >= 0.6 is 11.8 Å². The molecule has 1 N–H and O–H groups in total. The molecule has 0 spiro atoms. The van der Waals surface area contributed by atoms with Gasteiger partial charge in [0.15, 0.2) is 0 Å². The van der Waals surface area contributed by atoms with Crippen LogP contribution in [0.25, 0.3) is 0 Å². The van der Waals surface area contributed by atoms with Crippen molar-refractivity contribution in [3.05, 3.63) is 35.7 Å². The molecule has 0 bridgehead atoms. The van der Waals surface area contributed by atoms with Crippen LogP contribution < -0.4 is 5.32 Å². The van der Waals surface area contributed by atoms with Gasteiger partial charge in [0.2, 0.25) is 11.8 Å². The molecule has 0 unspecified atom stereocenters. The number of carbonyl (C=O) groups excluding carboxylic acids is 1. The van der Waals surface area contributed by atoms with Crippen molar-refractivity contribution >= 4 is 23.4 Å². The van der Waals surface area contributed by atoms with E-state index in [4.69, 9.17) is 4.42 Å². The van der Waals surface area contributed by atoms with Crippen LogP contribution in [-0.2, 0) is 11.2 Å². The van der Waals surface area contributed by atoms with E-state index in [2.05, 4.69) is 22.4 Å². The summed E-state index contributed by atoms with van der Waals surface area (Å²) in [5, 5.41) is 11.1. The Morgan fingerprint density at radius 3 is 2.86 bits per heavy atom. The lowest BCUT2D eigenvalue weighted by molar-refractivity contribution is -0.113. The van der Waals surface area contributed by atoms with Crippen molar-refractivity contribution in [2.75, 3.05) is 11.1 Å². The van der Waals surface area contributed by atoms with Gasteiger partial charge in [-0.05, 0) is 24.1 Å². The standard InChI is InChI=1S/C15H19N3O2S/c1-4-11-6-5-7-12(8-11)16-13(19)9-21-15-18-17-14(20-15)10(2)3/h5-8,10H,4,9H2,1-3H3,(H,16,19). The lowest BCUT2D eigenvalue weighted by Gasteiger charge is -2.05. The monoisotopic (exact) mass is 305 g/mol. The molecule has 5 nitrogen and oxygen atoms in total. The third-order valence-electron chi connectivity index (χ3n) is 2.86. The number of nitrogens with zero attached hydrogens (tertiary/aromatic N) is 2. The summed E-state index contributed by atoms with van der Waals surface area (Å²) < 4.78 is 5.44. The normalized spacial score (nSPS) is 10.9. The largest absolute Gasteiger partial charge is 0.416 e. The third-order valence-corrected chi connectivity index (χ3v) is 3.68. The van der Waals surface area contributed by atoms with Crippen LogP contribution in [0.5, 0.6) is 0 Å². The number of nitrogens with one attached hydrogen (secondary N) is 1. The second-order valence-electron chi connectivity index (χ2n) is 4.95. The highest BCUT2D eigenvalue weighted by molar-refractivity contribution is 7.99. The van der Waals surface area contributed by atoms with E-state index >= 15 is 0 Å². The van der Waals surface area contributed by atoms with Gasteiger partial charge in [-0.25, -0.2) is 0 Å². The van der Waals surface area contributed by atoms with Gasteiger partial charge < -0.3 is 9.73 Å². The highest BCUT2D eigenvalue weighted by atomic mass is 32.2. The Balaban J connectivity index is 1.86. The number of rotatable bonds is 6. The van der Waals surface area contributed by atoms with E-state index in [1.165, 1.54) is 17.3 Å². The number of hydrogen-bond donors (Lipinski definition) is 1. The van der Waals surface area contributed by atoms with Crippen molar-refractivity contribution in [1.29, 1.82) is 0 Å². The van der Waals surface area contributed by atoms with Gasteiger partial charge in [0.05, 0.1) is 5.75 Å². The molecule has 2 rings (SSSR count). The van der Waals surface area contributed by atoms with Crippen LogP contribution in [0.1, 0.15) is 38.1 Å². The molecule has 1 aromatic heterocycles. The van der Waals surface area contributed by atoms with Gasteiger partial charge >= 0.3 is 0 Å². The number of hydrogen-bond acceptors (Lipinski definition) is 5. The lowest BCUT2D eigenvalue weighted by atomic mass is 10.1. The fourth-order valence-corrected chi connectivity index (χ4v) is 2.27. The maximum atomic E-state index is 11.9. The van der Waals surface area contributed by atoms with Crippen molar-refractivity contribution in [3.8, 4) is 0 Å². The van der Waals surface area contributed by atoms with Crippen LogP contribution in [0.15, 0.2) is 33.9 Å². The number of benzene rings is 1. The Labute approximate surface area is 128 Å². The number of carbonyl (C=O) groups is 1. The first-order chi connectivity index (χ1) is 10.1. The number of amides is 1. The van der Waals surface area contributed by atoms with E-state index in [1.807, 2.05) is 38.1 Å². The van der Waals surface area contributed by atoms with Gasteiger partial charge in [0.1, 0.15) is 0 Å². The second kappa shape index (κ2) is 7.26. The molecular weight excluding hydrogens is 286 g/mol. The Morgan fingerprint density at radius 1 is 1.38 bits per heavy atom. The van der Waals surface area contributed by atoms with Gasteiger partial charge in [0.25, 0.3) is 5.22 Å². The van der Waals surface area contributed by atoms with E-state index in [9.17, 15) is 4.79 Å². The predicted octanol–water partition coefficient (Wildman–Crippen LogP) is 3.49. The Hall–Kier alpha value is -1.82. The van der Waals surface area contributed by atoms with Crippen molar-refractivity contribution < 1.29 is 9.21 Å².